The van der Waals surface area contributed by atoms with E-state index < -0.39 is 0 Å². The van der Waals surface area contributed by atoms with Gasteiger partial charge in [0.25, 0.3) is 5.91 Å². The second-order valence-corrected chi connectivity index (χ2v) is 6.73. The third kappa shape index (κ3) is 2.71. The fourth-order valence-corrected chi connectivity index (χ4v) is 4.10. The molecule has 3 heterocycles. The maximum absolute atomic E-state index is 13.1. The van der Waals surface area contributed by atoms with E-state index in [-0.39, 0.29) is 23.7 Å². The van der Waals surface area contributed by atoms with E-state index in [9.17, 15) is 9.90 Å². The molecule has 0 unspecified atom stereocenters. The Balaban J connectivity index is 1.62. The van der Waals surface area contributed by atoms with Gasteiger partial charge in [0.15, 0.2) is 0 Å². The number of hydrogen-bond donors (Lipinski definition) is 1. The lowest BCUT2D eigenvalue weighted by atomic mass is 9.79. The fraction of sp³-hybridized carbons (Fsp3) is 0.529. The van der Waals surface area contributed by atoms with Crippen LogP contribution in [0.3, 0.4) is 0 Å². The van der Waals surface area contributed by atoms with Gasteiger partial charge < -0.3 is 14.7 Å². The number of hydrogen-bond acceptors (Lipinski definition) is 6. The van der Waals surface area contributed by atoms with Crippen molar-refractivity contribution in [2.24, 2.45) is 0 Å². The molecule has 1 amide bonds. The molecule has 0 bridgehead atoms. The third-order valence-electron chi connectivity index (χ3n) is 5.50. The molecule has 3 atom stereocenters. The van der Waals surface area contributed by atoms with E-state index in [0.29, 0.717) is 24.3 Å². The van der Waals surface area contributed by atoms with Crippen molar-refractivity contribution in [2.75, 3.05) is 13.7 Å². The maximum atomic E-state index is 13.1. The fourth-order valence-electron chi connectivity index (χ4n) is 4.10. The monoisotopic (exact) mass is 343 g/mol. The number of nitrogens with zero attached hydrogens (tertiary/aromatic N) is 5. The van der Waals surface area contributed by atoms with Crippen LogP contribution in [0.25, 0.3) is 5.82 Å². The molecule has 0 spiro atoms. The Hall–Kier alpha value is -2.32. The minimum absolute atomic E-state index is 0.0604. The van der Waals surface area contributed by atoms with Crippen molar-refractivity contribution in [1.29, 1.82) is 0 Å². The minimum atomic E-state index is -0.383. The number of rotatable bonds is 3. The van der Waals surface area contributed by atoms with Gasteiger partial charge in [0, 0.05) is 25.4 Å². The normalized spacial score (nSPS) is 28.8. The summed E-state index contributed by atoms with van der Waals surface area (Å²) in [6.45, 7) is 0.633. The number of likely N-dealkylation sites (tertiary alicyclic amines) is 1. The van der Waals surface area contributed by atoms with Gasteiger partial charge in [-0.2, -0.15) is 0 Å². The Bertz CT molecular complexity index is 765. The zero-order valence-electron chi connectivity index (χ0n) is 14.1. The van der Waals surface area contributed by atoms with Crippen LogP contribution in [0.1, 0.15) is 36.0 Å². The summed E-state index contributed by atoms with van der Waals surface area (Å²) in [7, 11) is 1.70. The smallest absolute Gasteiger partial charge is 0.254 e. The summed E-state index contributed by atoms with van der Waals surface area (Å²) in [4.78, 5) is 19.2. The average Bonchev–Trinajstić information content (AvgIpc) is 3.29. The summed E-state index contributed by atoms with van der Waals surface area (Å²) in [6.07, 6.45) is 7.17. The minimum Gasteiger partial charge on any atom is -0.393 e. The first-order valence-corrected chi connectivity index (χ1v) is 8.48. The third-order valence-corrected chi connectivity index (χ3v) is 5.50. The van der Waals surface area contributed by atoms with E-state index >= 15 is 0 Å². The summed E-state index contributed by atoms with van der Waals surface area (Å²) in [5.41, 5.74) is 0.226. The van der Waals surface area contributed by atoms with Gasteiger partial charge >= 0.3 is 0 Å². The van der Waals surface area contributed by atoms with Crippen LogP contribution in [0.15, 0.2) is 31.0 Å². The molecule has 2 aromatic rings. The van der Waals surface area contributed by atoms with Gasteiger partial charge in [-0.25, -0.2) is 4.98 Å². The van der Waals surface area contributed by atoms with Crippen molar-refractivity contribution >= 4 is 5.91 Å². The summed E-state index contributed by atoms with van der Waals surface area (Å²) < 4.78 is 7.47. The topological polar surface area (TPSA) is 93.4 Å². The van der Waals surface area contributed by atoms with Crippen LogP contribution >= 0.6 is 0 Å². The Morgan fingerprint density at radius 3 is 2.92 bits per heavy atom. The van der Waals surface area contributed by atoms with Gasteiger partial charge in [-0.15, -0.1) is 10.2 Å². The second-order valence-electron chi connectivity index (χ2n) is 6.73. The van der Waals surface area contributed by atoms with Crippen LogP contribution in [-0.4, -0.2) is 67.1 Å². The van der Waals surface area contributed by atoms with Crippen molar-refractivity contribution in [3.8, 4) is 5.82 Å². The van der Waals surface area contributed by atoms with Crippen LogP contribution < -0.4 is 0 Å². The SMILES string of the molecule is CO[C@]12CC[C@@H](O)C[C@H]1N(C(=O)c1ccnc(-n3cnnc3)c1)CC2. The van der Waals surface area contributed by atoms with Gasteiger partial charge in [0.05, 0.1) is 17.7 Å². The number of carbonyl (C=O) groups excluding carboxylic acids is 1. The van der Waals surface area contributed by atoms with Gasteiger partial charge in [0.2, 0.25) is 0 Å². The lowest BCUT2D eigenvalue weighted by Gasteiger charge is -2.42. The van der Waals surface area contributed by atoms with E-state index in [1.165, 1.54) is 0 Å². The molecule has 132 valence electrons. The first-order chi connectivity index (χ1) is 12.1. The molecule has 0 radical (unpaired) electrons. The summed E-state index contributed by atoms with van der Waals surface area (Å²) in [5.74, 6) is 0.534. The standard InChI is InChI=1S/C17H21N5O3/c1-25-17-4-2-13(23)9-14(17)22(7-5-17)16(24)12-3-6-18-15(8-12)21-10-19-20-11-21/h3,6,8,10-11,13-14,23H,2,4-5,7,9H2,1H3/t13-,14-,17+/m1/s1. The van der Waals surface area contributed by atoms with E-state index in [1.807, 2.05) is 4.90 Å². The molecule has 1 N–H and O–H groups in total. The number of methoxy groups -OCH3 is 1. The van der Waals surface area contributed by atoms with Crippen LogP contribution in [-0.2, 0) is 4.74 Å². The molecule has 25 heavy (non-hydrogen) atoms. The van der Waals surface area contributed by atoms with Gasteiger partial charge in [-0.3, -0.25) is 9.36 Å². The quantitative estimate of drug-likeness (QED) is 0.886. The van der Waals surface area contributed by atoms with E-state index in [4.69, 9.17) is 4.74 Å². The molecule has 2 fully saturated rings. The first-order valence-electron chi connectivity index (χ1n) is 8.48. The summed E-state index contributed by atoms with van der Waals surface area (Å²) in [5, 5.41) is 17.6. The Morgan fingerprint density at radius 2 is 2.16 bits per heavy atom. The van der Waals surface area contributed by atoms with E-state index in [1.54, 1.807) is 42.7 Å². The van der Waals surface area contributed by atoms with Crippen LogP contribution in [0.4, 0.5) is 0 Å². The molecule has 8 heteroatoms. The Morgan fingerprint density at radius 1 is 1.36 bits per heavy atom. The molecule has 2 aromatic heterocycles. The number of ether oxygens (including phenoxy) is 1. The van der Waals surface area contributed by atoms with Crippen LogP contribution in [0, 0.1) is 0 Å². The molecule has 1 aliphatic heterocycles. The number of amides is 1. The molecule has 1 saturated heterocycles. The molecular weight excluding hydrogens is 322 g/mol. The number of fused-ring (bicyclic) bond motifs is 1. The lowest BCUT2D eigenvalue weighted by Crippen LogP contribution is -2.52. The first kappa shape index (κ1) is 16.2. The molecule has 2 aliphatic rings. The Labute approximate surface area is 145 Å². The molecule has 1 aliphatic carbocycles. The predicted octanol–water partition coefficient (Wildman–Crippen LogP) is 0.807. The van der Waals surface area contributed by atoms with Crippen molar-refractivity contribution in [1.82, 2.24) is 24.6 Å². The summed E-state index contributed by atoms with van der Waals surface area (Å²) in [6, 6.07) is 3.35. The van der Waals surface area contributed by atoms with Gasteiger partial charge in [-0.05, 0) is 37.8 Å². The highest BCUT2D eigenvalue weighted by molar-refractivity contribution is 5.95. The highest BCUT2D eigenvalue weighted by Gasteiger charge is 2.52. The molecule has 8 nitrogen and oxygen atoms in total. The molecular formula is C17H21N5O3. The summed E-state index contributed by atoms with van der Waals surface area (Å²) >= 11 is 0. The van der Waals surface area contributed by atoms with E-state index in [0.717, 1.165) is 19.3 Å². The molecule has 0 aromatic carbocycles. The second kappa shape index (κ2) is 6.20. The Kier molecular flexibility index (Phi) is 4.01. The number of carbonyl (C=O) groups is 1. The maximum Gasteiger partial charge on any atom is 0.254 e. The largest absolute Gasteiger partial charge is 0.393 e. The zero-order chi connectivity index (χ0) is 17.4. The highest BCUT2D eigenvalue weighted by Crippen LogP contribution is 2.42. The van der Waals surface area contributed by atoms with Crippen molar-refractivity contribution < 1.29 is 14.6 Å². The average molecular weight is 343 g/mol. The molecule has 1 saturated carbocycles. The van der Waals surface area contributed by atoms with Crippen LogP contribution in [0.5, 0.6) is 0 Å². The zero-order valence-corrected chi connectivity index (χ0v) is 14.1. The number of aromatic nitrogens is 4. The molecule has 4 rings (SSSR count). The highest BCUT2D eigenvalue weighted by atomic mass is 16.5. The van der Waals surface area contributed by atoms with Crippen molar-refractivity contribution in [2.45, 2.75) is 43.4 Å². The lowest BCUT2D eigenvalue weighted by molar-refractivity contribution is -0.0824. The van der Waals surface area contributed by atoms with Crippen LogP contribution in [0.2, 0.25) is 0 Å². The number of aliphatic hydroxyl groups excluding tert-OH is 1. The van der Waals surface area contributed by atoms with E-state index in [2.05, 4.69) is 15.2 Å². The predicted molar refractivity (Wildman–Crippen MR) is 88.2 cm³/mol. The van der Waals surface area contributed by atoms with Crippen molar-refractivity contribution in [3.05, 3.63) is 36.5 Å². The van der Waals surface area contributed by atoms with Gasteiger partial charge in [0.1, 0.15) is 18.5 Å². The van der Waals surface area contributed by atoms with Gasteiger partial charge in [-0.1, -0.05) is 0 Å². The number of pyridine rings is 1. The number of aliphatic hydroxyl groups is 1. The van der Waals surface area contributed by atoms with Crippen molar-refractivity contribution in [3.63, 3.8) is 0 Å².